The zero-order valence-corrected chi connectivity index (χ0v) is 13.9. The number of aromatic nitrogens is 2. The maximum absolute atomic E-state index is 12.5. The molecule has 2 aromatic rings. The van der Waals surface area contributed by atoms with Gasteiger partial charge in [-0.3, -0.25) is 4.79 Å². The Kier molecular flexibility index (Phi) is 4.28. The average molecular weight is 310 g/mol. The number of carbonyl (C=O) groups is 1. The molecule has 1 amide bonds. The number of benzene rings is 1. The van der Waals surface area contributed by atoms with E-state index in [9.17, 15) is 4.79 Å². The fourth-order valence-electron chi connectivity index (χ4n) is 2.96. The molecule has 1 aliphatic heterocycles. The van der Waals surface area contributed by atoms with Crippen molar-refractivity contribution in [1.29, 1.82) is 0 Å². The number of amides is 1. The van der Waals surface area contributed by atoms with Gasteiger partial charge in [-0.05, 0) is 26.3 Å². The van der Waals surface area contributed by atoms with Crippen LogP contribution in [0.5, 0.6) is 0 Å². The van der Waals surface area contributed by atoms with Crippen LogP contribution < -0.4 is 4.90 Å². The molecule has 0 N–H and O–H groups in total. The Bertz CT molecular complexity index is 708. The van der Waals surface area contributed by atoms with Crippen LogP contribution in [0.25, 0.3) is 0 Å². The molecular formula is C18H22N4O. The van der Waals surface area contributed by atoms with E-state index >= 15 is 0 Å². The zero-order chi connectivity index (χ0) is 16.4. The monoisotopic (exact) mass is 310 g/mol. The van der Waals surface area contributed by atoms with Crippen molar-refractivity contribution >= 4 is 11.7 Å². The molecule has 3 rings (SSSR count). The van der Waals surface area contributed by atoms with Crippen LogP contribution in [0.2, 0.25) is 0 Å². The molecule has 2 heterocycles. The summed E-state index contributed by atoms with van der Waals surface area (Å²) in [5.74, 6) is 1.74. The van der Waals surface area contributed by atoms with Crippen molar-refractivity contribution in [1.82, 2.24) is 14.9 Å². The van der Waals surface area contributed by atoms with Crippen LogP contribution in [0.1, 0.15) is 22.6 Å². The predicted octanol–water partition coefficient (Wildman–Crippen LogP) is 2.25. The average Bonchev–Trinajstić information content (AvgIpc) is 2.48. The highest BCUT2D eigenvalue weighted by Crippen LogP contribution is 2.17. The number of piperazine rings is 1. The number of aryl methyl sites for hydroxylation is 3. The first kappa shape index (κ1) is 15.5. The summed E-state index contributed by atoms with van der Waals surface area (Å²) in [5.41, 5.74) is 3.34. The van der Waals surface area contributed by atoms with E-state index in [1.807, 2.05) is 35.8 Å². The summed E-state index contributed by atoms with van der Waals surface area (Å²) < 4.78 is 0. The SMILES string of the molecule is Cc1cccc(CN2CCN(c3cc(C)nc(C)n3)CC2=O)c1. The number of carbonyl (C=O) groups excluding carboxylic acids is 1. The summed E-state index contributed by atoms with van der Waals surface area (Å²) in [6.07, 6.45) is 0. The van der Waals surface area contributed by atoms with Crippen molar-refractivity contribution in [2.45, 2.75) is 27.3 Å². The fraction of sp³-hybridized carbons (Fsp3) is 0.389. The highest BCUT2D eigenvalue weighted by Gasteiger charge is 2.25. The van der Waals surface area contributed by atoms with Gasteiger partial charge in [0.15, 0.2) is 0 Å². The van der Waals surface area contributed by atoms with Crippen LogP contribution in [-0.2, 0) is 11.3 Å². The van der Waals surface area contributed by atoms with E-state index in [1.165, 1.54) is 11.1 Å². The third kappa shape index (κ3) is 3.67. The molecule has 1 saturated heterocycles. The lowest BCUT2D eigenvalue weighted by Gasteiger charge is -2.35. The van der Waals surface area contributed by atoms with Crippen molar-refractivity contribution in [3.8, 4) is 0 Å². The first-order valence-electron chi connectivity index (χ1n) is 7.92. The molecule has 1 aromatic heterocycles. The van der Waals surface area contributed by atoms with Crippen LogP contribution in [0, 0.1) is 20.8 Å². The van der Waals surface area contributed by atoms with Gasteiger partial charge < -0.3 is 9.80 Å². The summed E-state index contributed by atoms with van der Waals surface area (Å²) in [4.78, 5) is 25.2. The van der Waals surface area contributed by atoms with Crippen LogP contribution in [0.3, 0.4) is 0 Å². The standard InChI is InChI=1S/C18H22N4O/c1-13-5-4-6-16(9-13)11-22-8-7-21(12-18(22)23)17-10-14(2)19-15(3)20-17/h4-6,9-10H,7-8,11-12H2,1-3H3. The molecule has 5 heteroatoms. The maximum Gasteiger partial charge on any atom is 0.242 e. The van der Waals surface area contributed by atoms with Gasteiger partial charge in [0.1, 0.15) is 11.6 Å². The summed E-state index contributed by atoms with van der Waals surface area (Å²) in [7, 11) is 0. The molecule has 0 unspecified atom stereocenters. The van der Waals surface area contributed by atoms with Crippen molar-refractivity contribution in [3.63, 3.8) is 0 Å². The second-order valence-corrected chi connectivity index (χ2v) is 6.14. The Hall–Kier alpha value is -2.43. The molecular weight excluding hydrogens is 288 g/mol. The van der Waals surface area contributed by atoms with Gasteiger partial charge in [-0.15, -0.1) is 0 Å². The highest BCUT2D eigenvalue weighted by atomic mass is 16.2. The second kappa shape index (κ2) is 6.36. The molecule has 23 heavy (non-hydrogen) atoms. The van der Waals surface area contributed by atoms with Crippen molar-refractivity contribution in [2.24, 2.45) is 0 Å². The predicted molar refractivity (Wildman–Crippen MR) is 90.3 cm³/mol. The van der Waals surface area contributed by atoms with Gasteiger partial charge in [0, 0.05) is 31.4 Å². The molecule has 1 aromatic carbocycles. The van der Waals surface area contributed by atoms with Gasteiger partial charge in [0.2, 0.25) is 5.91 Å². The number of anilines is 1. The summed E-state index contributed by atoms with van der Waals surface area (Å²) >= 11 is 0. The highest BCUT2D eigenvalue weighted by molar-refractivity contribution is 5.82. The normalized spacial score (nSPS) is 15.2. The minimum Gasteiger partial charge on any atom is -0.345 e. The molecule has 0 saturated carbocycles. The van der Waals surface area contributed by atoms with Gasteiger partial charge in [0.05, 0.1) is 6.54 Å². The number of hydrogen-bond acceptors (Lipinski definition) is 4. The lowest BCUT2D eigenvalue weighted by molar-refractivity contribution is -0.131. The third-order valence-corrected chi connectivity index (χ3v) is 4.05. The van der Waals surface area contributed by atoms with E-state index in [2.05, 4.69) is 35.1 Å². The van der Waals surface area contributed by atoms with Crippen LogP contribution >= 0.6 is 0 Å². The molecule has 0 aliphatic carbocycles. The van der Waals surface area contributed by atoms with Gasteiger partial charge in [0.25, 0.3) is 0 Å². The Morgan fingerprint density at radius 2 is 1.91 bits per heavy atom. The Morgan fingerprint density at radius 3 is 2.61 bits per heavy atom. The van der Waals surface area contributed by atoms with Gasteiger partial charge in [-0.25, -0.2) is 9.97 Å². The Labute approximate surface area is 137 Å². The van der Waals surface area contributed by atoms with Gasteiger partial charge in [-0.1, -0.05) is 29.8 Å². The van der Waals surface area contributed by atoms with E-state index in [1.54, 1.807) is 0 Å². The van der Waals surface area contributed by atoms with E-state index < -0.39 is 0 Å². The molecule has 1 aliphatic rings. The molecule has 120 valence electrons. The summed E-state index contributed by atoms with van der Waals surface area (Å²) in [6.45, 7) is 8.48. The lowest BCUT2D eigenvalue weighted by Crippen LogP contribution is -2.50. The van der Waals surface area contributed by atoms with Crippen LogP contribution in [0.15, 0.2) is 30.3 Å². The van der Waals surface area contributed by atoms with Crippen LogP contribution in [0.4, 0.5) is 5.82 Å². The summed E-state index contributed by atoms with van der Waals surface area (Å²) in [5, 5.41) is 0. The van der Waals surface area contributed by atoms with Gasteiger partial charge >= 0.3 is 0 Å². The third-order valence-electron chi connectivity index (χ3n) is 4.05. The fourth-order valence-corrected chi connectivity index (χ4v) is 2.96. The number of rotatable bonds is 3. The van der Waals surface area contributed by atoms with E-state index in [4.69, 9.17) is 0 Å². The minimum atomic E-state index is 0.145. The van der Waals surface area contributed by atoms with Crippen molar-refractivity contribution in [3.05, 3.63) is 53.0 Å². The molecule has 0 atom stereocenters. The van der Waals surface area contributed by atoms with E-state index in [0.717, 1.165) is 30.4 Å². The van der Waals surface area contributed by atoms with E-state index in [0.29, 0.717) is 13.1 Å². The van der Waals surface area contributed by atoms with Crippen LogP contribution in [-0.4, -0.2) is 40.4 Å². The minimum absolute atomic E-state index is 0.145. The van der Waals surface area contributed by atoms with E-state index in [-0.39, 0.29) is 5.91 Å². The summed E-state index contributed by atoms with van der Waals surface area (Å²) in [6, 6.07) is 10.3. The lowest BCUT2D eigenvalue weighted by atomic mass is 10.1. The van der Waals surface area contributed by atoms with Gasteiger partial charge in [-0.2, -0.15) is 0 Å². The molecule has 0 radical (unpaired) electrons. The molecule has 0 spiro atoms. The Balaban J connectivity index is 1.68. The number of hydrogen-bond donors (Lipinski definition) is 0. The smallest absolute Gasteiger partial charge is 0.242 e. The first-order chi connectivity index (χ1) is 11.0. The second-order valence-electron chi connectivity index (χ2n) is 6.14. The topological polar surface area (TPSA) is 49.3 Å². The largest absolute Gasteiger partial charge is 0.345 e. The maximum atomic E-state index is 12.5. The number of nitrogens with zero attached hydrogens (tertiary/aromatic N) is 4. The van der Waals surface area contributed by atoms with Crippen molar-refractivity contribution in [2.75, 3.05) is 24.5 Å². The molecule has 0 bridgehead atoms. The Morgan fingerprint density at radius 1 is 1.09 bits per heavy atom. The van der Waals surface area contributed by atoms with Crippen molar-refractivity contribution < 1.29 is 4.79 Å². The molecule has 1 fully saturated rings. The quantitative estimate of drug-likeness (QED) is 0.872. The first-order valence-corrected chi connectivity index (χ1v) is 7.92. The molecule has 5 nitrogen and oxygen atoms in total. The zero-order valence-electron chi connectivity index (χ0n) is 13.9.